The van der Waals surface area contributed by atoms with Crippen LogP contribution in [0.2, 0.25) is 0 Å². The van der Waals surface area contributed by atoms with Crippen molar-refractivity contribution in [1.82, 2.24) is 0 Å². The molecule has 1 aromatic heterocycles. The fraction of sp³-hybridized carbons (Fsp3) is 0.0800. The number of hydrogen-bond acceptors (Lipinski definition) is 3. The molecule has 0 aliphatic heterocycles. The lowest BCUT2D eigenvalue weighted by Gasteiger charge is -2.12. The van der Waals surface area contributed by atoms with Gasteiger partial charge in [-0.15, -0.1) is 0 Å². The molecule has 4 rings (SSSR count). The Kier molecular flexibility index (Phi) is 5.07. The third-order valence-corrected chi connectivity index (χ3v) is 4.48. The van der Waals surface area contributed by atoms with Gasteiger partial charge in [-0.1, -0.05) is 66.7 Å². The van der Waals surface area contributed by atoms with Crippen molar-refractivity contribution in [2.75, 3.05) is 6.61 Å². The Morgan fingerprint density at radius 3 is 2.39 bits per heavy atom. The molecule has 0 saturated carbocycles. The summed E-state index contributed by atoms with van der Waals surface area (Å²) in [5.74, 6) is 0.704. The largest absolute Gasteiger partial charge is 0.489 e. The first-order chi connectivity index (χ1) is 13.7. The summed E-state index contributed by atoms with van der Waals surface area (Å²) < 4.78 is 11.5. The molecular weight excluding hydrogens is 348 g/mol. The minimum absolute atomic E-state index is 0.369. The minimum atomic E-state index is -0.369. The number of rotatable bonds is 5. The highest BCUT2D eigenvalue weighted by Gasteiger charge is 2.13. The standard InChI is InChI=1S/C25H20O3/c1-18-15-22(27-14-8-11-19-9-4-2-5-10-19)25-21(20-12-6-3-7-13-20)17-24(26)28-23(25)16-18/h2-13,15-17H,14H2,1H3. The molecule has 0 unspecified atom stereocenters. The van der Waals surface area contributed by atoms with Crippen molar-refractivity contribution in [2.24, 2.45) is 0 Å². The maximum Gasteiger partial charge on any atom is 0.336 e. The van der Waals surface area contributed by atoms with Gasteiger partial charge in [0.1, 0.15) is 17.9 Å². The Hall–Kier alpha value is -3.59. The summed E-state index contributed by atoms with van der Waals surface area (Å²) in [5.41, 5.74) is 4.03. The monoisotopic (exact) mass is 368 g/mol. The van der Waals surface area contributed by atoms with Crippen molar-refractivity contribution < 1.29 is 9.15 Å². The van der Waals surface area contributed by atoms with Gasteiger partial charge in [0, 0.05) is 11.6 Å². The Balaban J connectivity index is 1.73. The molecule has 3 heteroatoms. The van der Waals surface area contributed by atoms with Gasteiger partial charge in [0.2, 0.25) is 0 Å². The van der Waals surface area contributed by atoms with Gasteiger partial charge < -0.3 is 9.15 Å². The fourth-order valence-electron chi connectivity index (χ4n) is 3.24. The number of aryl methyl sites for hydroxylation is 1. The van der Waals surface area contributed by atoms with Crippen molar-refractivity contribution in [3.63, 3.8) is 0 Å². The molecule has 3 aromatic carbocycles. The predicted octanol–water partition coefficient (Wildman–Crippen LogP) is 5.86. The summed E-state index contributed by atoms with van der Waals surface area (Å²) >= 11 is 0. The van der Waals surface area contributed by atoms with E-state index in [1.165, 1.54) is 6.07 Å². The highest BCUT2D eigenvalue weighted by atomic mass is 16.5. The lowest BCUT2D eigenvalue weighted by Crippen LogP contribution is -2.01. The van der Waals surface area contributed by atoms with E-state index < -0.39 is 0 Å². The van der Waals surface area contributed by atoms with Crippen LogP contribution in [-0.2, 0) is 0 Å². The van der Waals surface area contributed by atoms with Gasteiger partial charge in [-0.2, -0.15) is 0 Å². The van der Waals surface area contributed by atoms with Gasteiger partial charge in [0.25, 0.3) is 0 Å². The number of hydrogen-bond donors (Lipinski definition) is 0. The second-order valence-electron chi connectivity index (χ2n) is 6.61. The number of ether oxygens (including phenoxy) is 1. The molecule has 0 aliphatic rings. The maximum atomic E-state index is 12.1. The molecule has 0 radical (unpaired) electrons. The van der Waals surface area contributed by atoms with Gasteiger partial charge >= 0.3 is 5.63 Å². The number of benzene rings is 3. The van der Waals surface area contributed by atoms with Crippen molar-refractivity contribution in [3.05, 3.63) is 106 Å². The molecule has 138 valence electrons. The predicted molar refractivity (Wildman–Crippen MR) is 114 cm³/mol. The van der Waals surface area contributed by atoms with E-state index in [9.17, 15) is 4.79 Å². The Morgan fingerprint density at radius 2 is 1.64 bits per heavy atom. The third-order valence-electron chi connectivity index (χ3n) is 4.48. The summed E-state index contributed by atoms with van der Waals surface area (Å²) in [5, 5.41) is 0.810. The SMILES string of the molecule is Cc1cc(OCC=Cc2ccccc2)c2c(-c3ccccc3)cc(=O)oc2c1. The van der Waals surface area contributed by atoms with Crippen LogP contribution in [0.5, 0.6) is 5.75 Å². The average Bonchev–Trinajstić information content (AvgIpc) is 2.71. The molecule has 28 heavy (non-hydrogen) atoms. The second kappa shape index (κ2) is 7.97. The highest BCUT2D eigenvalue weighted by molar-refractivity contribution is 5.98. The fourth-order valence-corrected chi connectivity index (χ4v) is 3.24. The van der Waals surface area contributed by atoms with Crippen LogP contribution < -0.4 is 10.4 Å². The van der Waals surface area contributed by atoms with Crippen LogP contribution in [0.15, 0.2) is 94.2 Å². The average molecular weight is 368 g/mol. The number of fused-ring (bicyclic) bond motifs is 1. The highest BCUT2D eigenvalue weighted by Crippen LogP contribution is 2.35. The van der Waals surface area contributed by atoms with Crippen LogP contribution in [0, 0.1) is 6.92 Å². The van der Waals surface area contributed by atoms with E-state index in [1.54, 1.807) is 0 Å². The van der Waals surface area contributed by atoms with E-state index in [4.69, 9.17) is 9.15 Å². The Bertz CT molecular complexity index is 1170. The summed E-state index contributed by atoms with van der Waals surface area (Å²) in [6.45, 7) is 2.38. The van der Waals surface area contributed by atoms with Crippen LogP contribution in [0.4, 0.5) is 0 Å². The van der Waals surface area contributed by atoms with Crippen molar-refractivity contribution in [2.45, 2.75) is 6.92 Å². The molecule has 0 spiro atoms. The van der Waals surface area contributed by atoms with E-state index in [2.05, 4.69) is 0 Å². The van der Waals surface area contributed by atoms with E-state index in [0.717, 1.165) is 27.6 Å². The van der Waals surface area contributed by atoms with Crippen molar-refractivity contribution in [1.29, 1.82) is 0 Å². The molecule has 0 amide bonds. The zero-order chi connectivity index (χ0) is 19.3. The van der Waals surface area contributed by atoms with Crippen LogP contribution in [-0.4, -0.2) is 6.61 Å². The Morgan fingerprint density at radius 1 is 0.929 bits per heavy atom. The van der Waals surface area contributed by atoms with E-state index >= 15 is 0 Å². The first kappa shape index (κ1) is 17.8. The quantitative estimate of drug-likeness (QED) is 0.414. The lowest BCUT2D eigenvalue weighted by atomic mass is 10.0. The zero-order valence-corrected chi connectivity index (χ0v) is 15.6. The first-order valence-corrected chi connectivity index (χ1v) is 9.19. The van der Waals surface area contributed by atoms with E-state index in [0.29, 0.717) is 17.9 Å². The molecule has 0 bridgehead atoms. The van der Waals surface area contributed by atoms with Gasteiger partial charge in [-0.25, -0.2) is 4.79 Å². The van der Waals surface area contributed by atoms with Crippen LogP contribution in [0.3, 0.4) is 0 Å². The molecule has 0 atom stereocenters. The van der Waals surface area contributed by atoms with Crippen molar-refractivity contribution in [3.8, 4) is 16.9 Å². The summed E-state index contributed by atoms with van der Waals surface area (Å²) in [6.07, 6.45) is 4.00. The van der Waals surface area contributed by atoms with Gasteiger partial charge in [0.15, 0.2) is 0 Å². The summed E-state index contributed by atoms with van der Waals surface area (Å²) in [7, 11) is 0. The minimum Gasteiger partial charge on any atom is -0.489 e. The molecule has 4 aromatic rings. The summed E-state index contributed by atoms with van der Waals surface area (Å²) in [4.78, 5) is 12.1. The topological polar surface area (TPSA) is 39.4 Å². The van der Waals surface area contributed by atoms with E-state index in [1.807, 2.05) is 91.9 Å². The first-order valence-electron chi connectivity index (χ1n) is 9.19. The molecule has 1 heterocycles. The van der Waals surface area contributed by atoms with Crippen LogP contribution in [0.1, 0.15) is 11.1 Å². The lowest BCUT2D eigenvalue weighted by molar-refractivity contribution is 0.367. The third kappa shape index (κ3) is 3.89. The van der Waals surface area contributed by atoms with Crippen LogP contribution >= 0.6 is 0 Å². The van der Waals surface area contributed by atoms with Gasteiger partial charge in [-0.05, 0) is 41.8 Å². The van der Waals surface area contributed by atoms with Gasteiger partial charge in [-0.3, -0.25) is 0 Å². The molecule has 0 saturated heterocycles. The molecule has 0 N–H and O–H groups in total. The summed E-state index contributed by atoms with van der Waals surface area (Å²) in [6, 6.07) is 25.3. The van der Waals surface area contributed by atoms with Crippen LogP contribution in [0.25, 0.3) is 28.2 Å². The molecule has 0 fully saturated rings. The molecule has 0 aliphatic carbocycles. The van der Waals surface area contributed by atoms with Gasteiger partial charge in [0.05, 0.1) is 5.39 Å². The second-order valence-corrected chi connectivity index (χ2v) is 6.61. The normalized spacial score (nSPS) is 11.2. The zero-order valence-electron chi connectivity index (χ0n) is 15.6. The molecular formula is C25H20O3. The van der Waals surface area contributed by atoms with E-state index in [-0.39, 0.29) is 5.63 Å². The Labute approximate surface area is 163 Å². The smallest absolute Gasteiger partial charge is 0.336 e. The van der Waals surface area contributed by atoms with Crippen molar-refractivity contribution >= 4 is 17.0 Å². The maximum absolute atomic E-state index is 12.1. The molecule has 3 nitrogen and oxygen atoms in total.